The molecular weight excluding hydrogens is 212 g/mol. The van der Waals surface area contributed by atoms with E-state index in [1.807, 2.05) is 0 Å². The lowest BCUT2D eigenvalue weighted by molar-refractivity contribution is -0.129. The standard InChI is InChI=1S/C10H14N2O2S/c1-10(2,3)9(14)12-11-8(13)7-5-4-6-15-7/h4-6H,1-3H3,(H,11,13)(H,12,14). The average molecular weight is 226 g/mol. The van der Waals surface area contributed by atoms with E-state index in [9.17, 15) is 9.59 Å². The lowest BCUT2D eigenvalue weighted by atomic mass is 9.96. The van der Waals surface area contributed by atoms with E-state index >= 15 is 0 Å². The summed E-state index contributed by atoms with van der Waals surface area (Å²) < 4.78 is 0. The molecule has 1 aromatic heterocycles. The predicted molar refractivity (Wildman–Crippen MR) is 59.4 cm³/mol. The molecule has 1 heterocycles. The van der Waals surface area contributed by atoms with E-state index in [-0.39, 0.29) is 11.8 Å². The Morgan fingerprint density at radius 1 is 1.27 bits per heavy atom. The summed E-state index contributed by atoms with van der Waals surface area (Å²) in [6, 6.07) is 3.48. The second-order valence-electron chi connectivity index (χ2n) is 4.14. The fourth-order valence-corrected chi connectivity index (χ4v) is 1.39. The van der Waals surface area contributed by atoms with Gasteiger partial charge in [0, 0.05) is 5.41 Å². The lowest BCUT2D eigenvalue weighted by Gasteiger charge is -2.17. The molecule has 1 rings (SSSR count). The zero-order chi connectivity index (χ0) is 11.5. The van der Waals surface area contributed by atoms with Crippen molar-refractivity contribution in [2.24, 2.45) is 5.41 Å². The zero-order valence-corrected chi connectivity index (χ0v) is 9.77. The summed E-state index contributed by atoms with van der Waals surface area (Å²) in [4.78, 5) is 23.4. The fourth-order valence-electron chi connectivity index (χ4n) is 0.770. The zero-order valence-electron chi connectivity index (χ0n) is 8.96. The van der Waals surface area contributed by atoms with Crippen LogP contribution < -0.4 is 10.9 Å². The molecule has 0 saturated carbocycles. The minimum atomic E-state index is -0.511. The van der Waals surface area contributed by atoms with Crippen LogP contribution in [0.4, 0.5) is 0 Å². The molecular formula is C10H14N2O2S. The molecule has 82 valence electrons. The number of thiophene rings is 1. The Kier molecular flexibility index (Phi) is 3.47. The smallest absolute Gasteiger partial charge is 0.273 e. The van der Waals surface area contributed by atoms with E-state index in [4.69, 9.17) is 0 Å². The Hall–Kier alpha value is -1.36. The van der Waals surface area contributed by atoms with Gasteiger partial charge in [0.1, 0.15) is 0 Å². The summed E-state index contributed by atoms with van der Waals surface area (Å²) in [6.45, 7) is 5.33. The van der Waals surface area contributed by atoms with Gasteiger partial charge in [0.25, 0.3) is 5.91 Å². The van der Waals surface area contributed by atoms with E-state index in [0.717, 1.165) is 0 Å². The molecule has 1 aromatic rings. The minimum Gasteiger partial charge on any atom is -0.273 e. The first-order valence-electron chi connectivity index (χ1n) is 4.55. The first-order valence-corrected chi connectivity index (χ1v) is 5.43. The molecule has 0 fully saturated rings. The van der Waals surface area contributed by atoms with E-state index in [1.165, 1.54) is 11.3 Å². The number of hydrogen-bond donors (Lipinski definition) is 2. The number of nitrogens with one attached hydrogen (secondary N) is 2. The molecule has 2 N–H and O–H groups in total. The molecule has 0 unspecified atom stereocenters. The van der Waals surface area contributed by atoms with Gasteiger partial charge >= 0.3 is 0 Å². The Balaban J connectivity index is 2.45. The largest absolute Gasteiger partial charge is 0.279 e. The summed E-state index contributed by atoms with van der Waals surface area (Å²) in [7, 11) is 0. The van der Waals surface area contributed by atoms with E-state index < -0.39 is 5.41 Å². The van der Waals surface area contributed by atoms with Crippen molar-refractivity contribution in [3.8, 4) is 0 Å². The first kappa shape index (κ1) is 11.7. The fraction of sp³-hybridized carbons (Fsp3) is 0.400. The van der Waals surface area contributed by atoms with E-state index in [0.29, 0.717) is 4.88 Å². The molecule has 5 heteroatoms. The van der Waals surface area contributed by atoms with Crippen LogP contribution in [-0.4, -0.2) is 11.8 Å². The highest BCUT2D eigenvalue weighted by atomic mass is 32.1. The van der Waals surface area contributed by atoms with Gasteiger partial charge in [-0.1, -0.05) is 26.8 Å². The summed E-state index contributed by atoms with van der Waals surface area (Å²) in [5, 5.41) is 1.81. The van der Waals surface area contributed by atoms with Gasteiger partial charge in [0.2, 0.25) is 5.91 Å². The topological polar surface area (TPSA) is 58.2 Å². The number of amides is 2. The van der Waals surface area contributed by atoms with Gasteiger partial charge in [0.15, 0.2) is 0 Å². The van der Waals surface area contributed by atoms with Gasteiger partial charge in [0.05, 0.1) is 4.88 Å². The van der Waals surface area contributed by atoms with Crippen LogP contribution >= 0.6 is 11.3 Å². The van der Waals surface area contributed by atoms with Crippen molar-refractivity contribution in [3.05, 3.63) is 22.4 Å². The molecule has 2 amide bonds. The third-order valence-electron chi connectivity index (χ3n) is 1.72. The highest BCUT2D eigenvalue weighted by Gasteiger charge is 2.21. The second-order valence-corrected chi connectivity index (χ2v) is 5.08. The first-order chi connectivity index (χ1) is 6.91. The van der Waals surface area contributed by atoms with Crippen LogP contribution in [0.2, 0.25) is 0 Å². The molecule has 0 radical (unpaired) electrons. The monoisotopic (exact) mass is 226 g/mol. The third-order valence-corrected chi connectivity index (χ3v) is 2.58. The Bertz CT molecular complexity index is 352. The van der Waals surface area contributed by atoms with Crippen molar-refractivity contribution >= 4 is 23.2 Å². The van der Waals surface area contributed by atoms with Crippen LogP contribution in [0.1, 0.15) is 30.4 Å². The average Bonchev–Trinajstić information content (AvgIpc) is 2.64. The van der Waals surface area contributed by atoms with E-state index in [1.54, 1.807) is 38.3 Å². The third kappa shape index (κ3) is 3.36. The number of hydrazine groups is 1. The van der Waals surface area contributed by atoms with Crippen molar-refractivity contribution in [1.29, 1.82) is 0 Å². The maximum absolute atomic E-state index is 11.4. The van der Waals surface area contributed by atoms with Crippen molar-refractivity contribution in [3.63, 3.8) is 0 Å². The number of hydrogen-bond acceptors (Lipinski definition) is 3. The predicted octanol–water partition coefficient (Wildman–Crippen LogP) is 1.56. The number of carbonyl (C=O) groups excluding carboxylic acids is 2. The number of rotatable bonds is 1. The van der Waals surface area contributed by atoms with Crippen LogP contribution in [0.5, 0.6) is 0 Å². The van der Waals surface area contributed by atoms with Crippen molar-refractivity contribution in [2.45, 2.75) is 20.8 Å². The number of carbonyl (C=O) groups is 2. The van der Waals surface area contributed by atoms with Crippen molar-refractivity contribution < 1.29 is 9.59 Å². The molecule has 0 aliphatic carbocycles. The highest BCUT2D eigenvalue weighted by molar-refractivity contribution is 7.12. The Labute approximate surface area is 92.7 Å². The maximum atomic E-state index is 11.4. The molecule has 0 aliphatic rings. The second kappa shape index (κ2) is 4.44. The van der Waals surface area contributed by atoms with Gasteiger partial charge in [-0.15, -0.1) is 11.3 Å². The summed E-state index contributed by atoms with van der Waals surface area (Å²) >= 11 is 1.33. The van der Waals surface area contributed by atoms with Crippen molar-refractivity contribution in [2.75, 3.05) is 0 Å². The van der Waals surface area contributed by atoms with Crippen LogP contribution in [-0.2, 0) is 4.79 Å². The van der Waals surface area contributed by atoms with Crippen LogP contribution in [0.25, 0.3) is 0 Å². The van der Waals surface area contributed by atoms with Gasteiger partial charge in [-0.2, -0.15) is 0 Å². The lowest BCUT2D eigenvalue weighted by Crippen LogP contribution is -2.46. The molecule has 0 spiro atoms. The van der Waals surface area contributed by atoms with Crippen LogP contribution in [0, 0.1) is 5.41 Å². The van der Waals surface area contributed by atoms with Gasteiger partial charge in [-0.05, 0) is 11.4 Å². The molecule has 0 aliphatic heterocycles. The normalized spacial score (nSPS) is 10.9. The summed E-state index contributed by atoms with van der Waals surface area (Å²) in [6.07, 6.45) is 0. The van der Waals surface area contributed by atoms with Gasteiger partial charge in [-0.3, -0.25) is 20.4 Å². The van der Waals surface area contributed by atoms with Gasteiger partial charge < -0.3 is 0 Å². The quantitative estimate of drug-likeness (QED) is 0.714. The molecule has 4 nitrogen and oxygen atoms in total. The highest BCUT2D eigenvalue weighted by Crippen LogP contribution is 2.12. The van der Waals surface area contributed by atoms with Crippen molar-refractivity contribution in [1.82, 2.24) is 10.9 Å². The summed E-state index contributed by atoms with van der Waals surface area (Å²) in [5.74, 6) is -0.505. The molecule has 0 atom stereocenters. The SMILES string of the molecule is CC(C)(C)C(=O)NNC(=O)c1cccs1. The molecule has 0 saturated heterocycles. The van der Waals surface area contributed by atoms with Gasteiger partial charge in [-0.25, -0.2) is 0 Å². The van der Waals surface area contributed by atoms with Crippen LogP contribution in [0.15, 0.2) is 17.5 Å². The van der Waals surface area contributed by atoms with E-state index in [2.05, 4.69) is 10.9 Å². The molecule has 0 bridgehead atoms. The molecule has 0 aromatic carbocycles. The summed E-state index contributed by atoms with van der Waals surface area (Å²) in [5.41, 5.74) is 4.23. The Morgan fingerprint density at radius 2 is 1.93 bits per heavy atom. The van der Waals surface area contributed by atoms with Crippen LogP contribution in [0.3, 0.4) is 0 Å². The molecule has 15 heavy (non-hydrogen) atoms. The maximum Gasteiger partial charge on any atom is 0.279 e. The Morgan fingerprint density at radius 3 is 2.40 bits per heavy atom. The minimum absolute atomic E-state index is 0.215.